The van der Waals surface area contributed by atoms with Gasteiger partial charge in [0.05, 0.1) is 0 Å². The molecule has 9 aromatic rings. The molecule has 1 aliphatic rings. The summed E-state index contributed by atoms with van der Waals surface area (Å²) < 4.78 is 6.20. The smallest absolute Gasteiger partial charge is 0.159 e. The normalized spacial score (nSPS) is 14.5. The van der Waals surface area contributed by atoms with Gasteiger partial charge in [0.2, 0.25) is 0 Å². The van der Waals surface area contributed by atoms with E-state index in [0.717, 1.165) is 61.0 Å². The average molecular weight is 654 g/mol. The number of benzene rings is 8. The Morgan fingerprint density at radius 2 is 1.10 bits per heavy atom. The van der Waals surface area contributed by atoms with Gasteiger partial charge in [0, 0.05) is 21.9 Å². The van der Waals surface area contributed by atoms with Gasteiger partial charge in [-0.25, -0.2) is 9.98 Å². The number of nitrogens with zero attached hydrogens (tertiary/aromatic N) is 2. The summed E-state index contributed by atoms with van der Waals surface area (Å²) in [6.07, 6.45) is -0.299. The molecule has 1 unspecified atom stereocenters. The Bertz CT molecular complexity index is 2830. The Balaban J connectivity index is 1.02. The van der Waals surface area contributed by atoms with Crippen LogP contribution in [0.1, 0.15) is 22.9 Å². The number of para-hydroxylation sites is 1. The molecule has 8 aromatic carbocycles. The van der Waals surface area contributed by atoms with E-state index in [2.05, 4.69) is 145 Å². The summed E-state index contributed by atoms with van der Waals surface area (Å²) in [5.41, 5.74) is 9.53. The molecule has 0 aliphatic carbocycles. The topological polar surface area (TPSA) is 49.9 Å². The van der Waals surface area contributed by atoms with Crippen LogP contribution in [0.2, 0.25) is 0 Å². The van der Waals surface area contributed by atoms with Gasteiger partial charge in [-0.15, -0.1) is 0 Å². The number of fused-ring (bicyclic) bond motifs is 5. The monoisotopic (exact) mass is 653 g/mol. The molecule has 1 aromatic heterocycles. The van der Waals surface area contributed by atoms with Crippen LogP contribution in [0.25, 0.3) is 65.7 Å². The number of amidine groups is 2. The maximum atomic E-state index is 6.20. The minimum atomic E-state index is -0.299. The van der Waals surface area contributed by atoms with Gasteiger partial charge < -0.3 is 9.73 Å². The number of aliphatic imine (C=N–C) groups is 2. The summed E-state index contributed by atoms with van der Waals surface area (Å²) in [4.78, 5) is 10.2. The second-order valence-electron chi connectivity index (χ2n) is 13.1. The number of nitrogens with one attached hydrogen (secondary N) is 1. The molecule has 240 valence electrons. The molecule has 0 saturated heterocycles. The fourth-order valence-corrected chi connectivity index (χ4v) is 7.29. The van der Waals surface area contributed by atoms with Gasteiger partial charge in [0.1, 0.15) is 23.2 Å². The number of furan rings is 1. The van der Waals surface area contributed by atoms with Crippen LogP contribution in [0.4, 0.5) is 0 Å². The molecule has 0 amide bonds. The van der Waals surface area contributed by atoms with E-state index in [0.29, 0.717) is 5.84 Å². The van der Waals surface area contributed by atoms with Crippen LogP contribution in [0.5, 0.6) is 0 Å². The van der Waals surface area contributed by atoms with Crippen LogP contribution in [0, 0.1) is 0 Å². The Kier molecular flexibility index (Phi) is 6.85. The van der Waals surface area contributed by atoms with E-state index >= 15 is 0 Å². The summed E-state index contributed by atoms with van der Waals surface area (Å²) in [7, 11) is 0. The van der Waals surface area contributed by atoms with E-state index in [-0.39, 0.29) is 6.17 Å². The second-order valence-corrected chi connectivity index (χ2v) is 13.1. The molecule has 1 aliphatic heterocycles. The van der Waals surface area contributed by atoms with E-state index in [9.17, 15) is 0 Å². The van der Waals surface area contributed by atoms with Gasteiger partial charge in [-0.05, 0) is 79.7 Å². The van der Waals surface area contributed by atoms with Crippen LogP contribution < -0.4 is 5.32 Å². The fourth-order valence-electron chi connectivity index (χ4n) is 7.29. The average Bonchev–Trinajstić information content (AvgIpc) is 3.59. The maximum absolute atomic E-state index is 6.20. The first-order valence-electron chi connectivity index (χ1n) is 17.3. The van der Waals surface area contributed by atoms with Crippen LogP contribution >= 0.6 is 0 Å². The molecule has 0 bridgehead atoms. The van der Waals surface area contributed by atoms with E-state index in [4.69, 9.17) is 14.4 Å². The zero-order valence-electron chi connectivity index (χ0n) is 27.6. The lowest BCUT2D eigenvalue weighted by atomic mass is 9.96. The Labute approximate surface area is 295 Å². The van der Waals surface area contributed by atoms with E-state index in [1.54, 1.807) is 0 Å². The molecule has 0 spiro atoms. The third-order valence-corrected chi connectivity index (χ3v) is 9.91. The summed E-state index contributed by atoms with van der Waals surface area (Å²) in [5.74, 6) is 1.50. The van der Waals surface area contributed by atoms with E-state index < -0.39 is 0 Å². The Hall–Kier alpha value is -6.78. The molecule has 4 nitrogen and oxygen atoms in total. The molecule has 1 atom stereocenters. The van der Waals surface area contributed by atoms with Crippen LogP contribution in [-0.2, 0) is 0 Å². The summed E-state index contributed by atoms with van der Waals surface area (Å²) in [5, 5.41) is 10.7. The lowest BCUT2D eigenvalue weighted by molar-refractivity contribution is 0.669. The standard InChI is InChI=1S/C47H31N3O/c1-2-10-33(11-3-1)45-48-46(34-22-17-31(18-23-34)36-24-19-30-9-4-5-12-35(30)27-36)50-47(49-45)38-26-21-32-20-25-37(28-39(32)29-38)40-14-8-16-43-44(40)41-13-6-7-15-42(41)51-43/h1-29,46H,(H,48,49,50). The highest BCUT2D eigenvalue weighted by atomic mass is 16.3. The molecule has 0 fully saturated rings. The highest BCUT2D eigenvalue weighted by Crippen LogP contribution is 2.37. The van der Waals surface area contributed by atoms with Crippen molar-refractivity contribution >= 4 is 55.2 Å². The van der Waals surface area contributed by atoms with Crippen molar-refractivity contribution in [3.05, 3.63) is 193 Å². The largest absolute Gasteiger partial charge is 0.456 e. The minimum Gasteiger partial charge on any atom is -0.456 e. The van der Waals surface area contributed by atoms with E-state index in [1.165, 1.54) is 27.3 Å². The lowest BCUT2D eigenvalue weighted by Gasteiger charge is -2.24. The molecule has 0 saturated carbocycles. The Morgan fingerprint density at radius 3 is 1.96 bits per heavy atom. The van der Waals surface area contributed by atoms with Gasteiger partial charge in [-0.3, -0.25) is 0 Å². The van der Waals surface area contributed by atoms with E-state index in [1.807, 2.05) is 36.4 Å². The number of hydrogen-bond donors (Lipinski definition) is 1. The summed E-state index contributed by atoms with van der Waals surface area (Å²) in [6, 6.07) is 61.8. The quantitative estimate of drug-likeness (QED) is 0.201. The molecular formula is C47H31N3O. The van der Waals surface area contributed by atoms with Gasteiger partial charge in [-0.2, -0.15) is 0 Å². The molecule has 10 rings (SSSR count). The fraction of sp³-hybridized carbons (Fsp3) is 0.0213. The second kappa shape index (κ2) is 12.0. The Morgan fingerprint density at radius 1 is 0.451 bits per heavy atom. The third kappa shape index (κ3) is 5.25. The van der Waals surface area contributed by atoms with Crippen molar-refractivity contribution in [2.45, 2.75) is 6.17 Å². The van der Waals surface area contributed by atoms with Crippen molar-refractivity contribution in [3.8, 4) is 22.3 Å². The first-order chi connectivity index (χ1) is 25.2. The third-order valence-electron chi connectivity index (χ3n) is 9.91. The number of rotatable bonds is 5. The zero-order valence-corrected chi connectivity index (χ0v) is 27.6. The highest BCUT2D eigenvalue weighted by molar-refractivity contribution is 6.15. The van der Waals surface area contributed by atoms with Crippen LogP contribution in [-0.4, -0.2) is 11.7 Å². The molecule has 51 heavy (non-hydrogen) atoms. The van der Waals surface area contributed by atoms with Crippen molar-refractivity contribution in [1.82, 2.24) is 5.32 Å². The lowest BCUT2D eigenvalue weighted by Crippen LogP contribution is -2.33. The van der Waals surface area contributed by atoms with Gasteiger partial charge in [0.15, 0.2) is 5.84 Å². The van der Waals surface area contributed by atoms with Crippen LogP contribution in [0.3, 0.4) is 0 Å². The molecule has 0 radical (unpaired) electrons. The minimum absolute atomic E-state index is 0.299. The van der Waals surface area contributed by atoms with Crippen molar-refractivity contribution in [3.63, 3.8) is 0 Å². The van der Waals surface area contributed by atoms with Crippen molar-refractivity contribution in [2.24, 2.45) is 9.98 Å². The molecule has 4 heteroatoms. The predicted molar refractivity (Wildman–Crippen MR) is 211 cm³/mol. The number of hydrogen-bond acceptors (Lipinski definition) is 4. The van der Waals surface area contributed by atoms with Crippen molar-refractivity contribution < 1.29 is 4.42 Å². The maximum Gasteiger partial charge on any atom is 0.159 e. The highest BCUT2D eigenvalue weighted by Gasteiger charge is 2.22. The summed E-state index contributed by atoms with van der Waals surface area (Å²) >= 11 is 0. The van der Waals surface area contributed by atoms with Crippen molar-refractivity contribution in [1.29, 1.82) is 0 Å². The first-order valence-corrected chi connectivity index (χ1v) is 17.3. The summed E-state index contributed by atoms with van der Waals surface area (Å²) in [6.45, 7) is 0. The molecule has 2 heterocycles. The molecular weight excluding hydrogens is 623 g/mol. The van der Waals surface area contributed by atoms with Gasteiger partial charge >= 0.3 is 0 Å². The van der Waals surface area contributed by atoms with Crippen LogP contribution in [0.15, 0.2) is 190 Å². The first kappa shape index (κ1) is 29.2. The van der Waals surface area contributed by atoms with Gasteiger partial charge in [0.25, 0.3) is 0 Å². The van der Waals surface area contributed by atoms with Crippen molar-refractivity contribution in [2.75, 3.05) is 0 Å². The zero-order chi connectivity index (χ0) is 33.7. The molecule has 1 N–H and O–H groups in total. The predicted octanol–water partition coefficient (Wildman–Crippen LogP) is 11.7. The van der Waals surface area contributed by atoms with Gasteiger partial charge in [-0.1, -0.05) is 146 Å². The SMILES string of the molecule is c1ccc(C2=NC(c3ccc(-c4ccc5ccccc5c4)cc3)NC(c3ccc4ccc(-c5cccc6oc7ccccc7c56)cc4c3)=N2)cc1.